The lowest BCUT2D eigenvalue weighted by molar-refractivity contribution is 0.1000. The van der Waals surface area contributed by atoms with E-state index in [4.69, 9.17) is 22.1 Å². The molecule has 0 unspecified atom stereocenters. The van der Waals surface area contributed by atoms with Crippen LogP contribution in [0, 0.1) is 0 Å². The fourth-order valence-corrected chi connectivity index (χ4v) is 1.61. The molecule has 1 amide bonds. The van der Waals surface area contributed by atoms with Gasteiger partial charge in [0.15, 0.2) is 0 Å². The van der Waals surface area contributed by atoms with Gasteiger partial charge in [0.05, 0.1) is 0 Å². The number of hydrogen-bond donors (Lipinski definition) is 1. The van der Waals surface area contributed by atoms with E-state index in [1.165, 1.54) is 0 Å². The van der Waals surface area contributed by atoms with E-state index in [2.05, 4.69) is 0 Å². The molecule has 2 rings (SSSR count). The smallest absolute Gasteiger partial charge is 0.248 e. The Hall–Kier alpha value is -2.00. The Morgan fingerprint density at radius 2 is 1.89 bits per heavy atom. The first kappa shape index (κ1) is 12.5. The summed E-state index contributed by atoms with van der Waals surface area (Å²) in [6, 6.07) is 14.2. The average Bonchev–Trinajstić information content (AvgIpc) is 2.38. The molecule has 2 aromatic carbocycles. The van der Waals surface area contributed by atoms with Crippen LogP contribution in [0.15, 0.2) is 48.5 Å². The van der Waals surface area contributed by atoms with Crippen LogP contribution in [0.25, 0.3) is 0 Å². The summed E-state index contributed by atoms with van der Waals surface area (Å²) in [7, 11) is 0. The third-order valence-corrected chi connectivity index (χ3v) is 2.69. The molecule has 0 aromatic heterocycles. The van der Waals surface area contributed by atoms with Gasteiger partial charge in [-0.15, -0.1) is 0 Å². The summed E-state index contributed by atoms with van der Waals surface area (Å²) < 4.78 is 5.57. The molecule has 0 radical (unpaired) electrons. The van der Waals surface area contributed by atoms with E-state index in [1.807, 2.05) is 12.1 Å². The molecule has 0 aliphatic carbocycles. The second kappa shape index (κ2) is 5.56. The van der Waals surface area contributed by atoms with Crippen molar-refractivity contribution in [1.29, 1.82) is 0 Å². The van der Waals surface area contributed by atoms with Crippen LogP contribution in [0.4, 0.5) is 0 Å². The highest BCUT2D eigenvalue weighted by Crippen LogP contribution is 2.16. The zero-order valence-electron chi connectivity index (χ0n) is 9.60. The lowest BCUT2D eigenvalue weighted by Gasteiger charge is -2.07. The van der Waals surface area contributed by atoms with E-state index in [9.17, 15) is 4.79 Å². The molecular formula is C14H12ClNO2. The molecule has 18 heavy (non-hydrogen) atoms. The molecule has 0 aliphatic rings. The van der Waals surface area contributed by atoms with Gasteiger partial charge >= 0.3 is 0 Å². The maximum absolute atomic E-state index is 11.0. The number of hydrogen-bond acceptors (Lipinski definition) is 2. The number of carbonyl (C=O) groups excluding carboxylic acids is 1. The van der Waals surface area contributed by atoms with E-state index in [0.29, 0.717) is 22.9 Å². The quantitative estimate of drug-likeness (QED) is 0.920. The third kappa shape index (κ3) is 3.25. The van der Waals surface area contributed by atoms with Crippen molar-refractivity contribution in [3.05, 3.63) is 64.7 Å². The number of halogens is 1. The van der Waals surface area contributed by atoms with Crippen LogP contribution in [0.5, 0.6) is 5.75 Å². The monoisotopic (exact) mass is 261 g/mol. The summed E-state index contributed by atoms with van der Waals surface area (Å²) in [5.41, 5.74) is 6.63. The molecule has 2 aromatic rings. The summed E-state index contributed by atoms with van der Waals surface area (Å²) in [4.78, 5) is 11.0. The van der Waals surface area contributed by atoms with Crippen LogP contribution in [0.3, 0.4) is 0 Å². The van der Waals surface area contributed by atoms with Gasteiger partial charge in [-0.1, -0.05) is 29.8 Å². The SMILES string of the molecule is NC(=O)c1cccc(OCc2ccc(Cl)cc2)c1. The number of primary amides is 1. The molecule has 0 saturated carbocycles. The van der Waals surface area contributed by atoms with Gasteiger partial charge in [-0.2, -0.15) is 0 Å². The molecule has 2 N–H and O–H groups in total. The summed E-state index contributed by atoms with van der Waals surface area (Å²) in [5.74, 6) is 0.146. The topological polar surface area (TPSA) is 52.3 Å². The van der Waals surface area contributed by atoms with Gasteiger partial charge in [0, 0.05) is 10.6 Å². The van der Waals surface area contributed by atoms with E-state index >= 15 is 0 Å². The van der Waals surface area contributed by atoms with Crippen molar-refractivity contribution in [3.63, 3.8) is 0 Å². The van der Waals surface area contributed by atoms with Gasteiger partial charge in [-0.25, -0.2) is 0 Å². The van der Waals surface area contributed by atoms with E-state index < -0.39 is 5.91 Å². The standard InChI is InChI=1S/C14H12ClNO2/c15-12-6-4-10(5-7-12)9-18-13-3-1-2-11(8-13)14(16)17/h1-8H,9H2,(H2,16,17). The zero-order chi connectivity index (χ0) is 13.0. The van der Waals surface area contributed by atoms with Crippen LogP contribution in [-0.4, -0.2) is 5.91 Å². The van der Waals surface area contributed by atoms with Gasteiger partial charge in [-0.3, -0.25) is 4.79 Å². The Bertz CT molecular complexity index is 552. The molecule has 0 saturated heterocycles. The minimum atomic E-state index is -0.466. The van der Waals surface area contributed by atoms with E-state index in [-0.39, 0.29) is 0 Å². The van der Waals surface area contributed by atoms with Crippen molar-refractivity contribution in [1.82, 2.24) is 0 Å². The summed E-state index contributed by atoms with van der Waals surface area (Å²) in [5, 5.41) is 0.689. The van der Waals surface area contributed by atoms with Crippen molar-refractivity contribution in [3.8, 4) is 5.75 Å². The third-order valence-electron chi connectivity index (χ3n) is 2.44. The van der Waals surface area contributed by atoms with Gasteiger partial charge < -0.3 is 10.5 Å². The number of amides is 1. The zero-order valence-corrected chi connectivity index (χ0v) is 10.4. The predicted octanol–water partition coefficient (Wildman–Crippen LogP) is 3.02. The minimum absolute atomic E-state index is 0.416. The van der Waals surface area contributed by atoms with Crippen molar-refractivity contribution in [2.75, 3.05) is 0 Å². The predicted molar refractivity (Wildman–Crippen MR) is 70.7 cm³/mol. The highest BCUT2D eigenvalue weighted by Gasteiger charge is 2.02. The van der Waals surface area contributed by atoms with Crippen molar-refractivity contribution in [2.45, 2.75) is 6.61 Å². The molecule has 0 atom stereocenters. The van der Waals surface area contributed by atoms with Crippen LogP contribution in [-0.2, 0) is 6.61 Å². The van der Waals surface area contributed by atoms with E-state index in [1.54, 1.807) is 36.4 Å². The highest BCUT2D eigenvalue weighted by molar-refractivity contribution is 6.30. The minimum Gasteiger partial charge on any atom is -0.489 e. The largest absolute Gasteiger partial charge is 0.489 e. The maximum Gasteiger partial charge on any atom is 0.248 e. The van der Waals surface area contributed by atoms with Gasteiger partial charge in [0.2, 0.25) is 5.91 Å². The fourth-order valence-electron chi connectivity index (χ4n) is 1.49. The highest BCUT2D eigenvalue weighted by atomic mass is 35.5. The first-order chi connectivity index (χ1) is 8.65. The van der Waals surface area contributed by atoms with Gasteiger partial charge in [0.1, 0.15) is 12.4 Å². The average molecular weight is 262 g/mol. The molecule has 0 spiro atoms. The Balaban J connectivity index is 2.04. The molecule has 0 heterocycles. The Morgan fingerprint density at radius 1 is 1.17 bits per heavy atom. The fraction of sp³-hybridized carbons (Fsp3) is 0.0714. The number of carbonyl (C=O) groups is 1. The summed E-state index contributed by atoms with van der Waals surface area (Å²) in [6.07, 6.45) is 0. The van der Waals surface area contributed by atoms with Crippen LogP contribution >= 0.6 is 11.6 Å². The van der Waals surface area contributed by atoms with Crippen molar-refractivity contribution < 1.29 is 9.53 Å². The second-order valence-electron chi connectivity index (χ2n) is 3.81. The Labute approximate surface area is 110 Å². The molecule has 4 heteroatoms. The van der Waals surface area contributed by atoms with Crippen molar-refractivity contribution >= 4 is 17.5 Å². The van der Waals surface area contributed by atoms with Gasteiger partial charge in [0.25, 0.3) is 0 Å². The molecule has 0 aliphatic heterocycles. The number of benzene rings is 2. The van der Waals surface area contributed by atoms with E-state index in [0.717, 1.165) is 5.56 Å². The first-order valence-electron chi connectivity index (χ1n) is 5.42. The van der Waals surface area contributed by atoms with Crippen LogP contribution in [0.1, 0.15) is 15.9 Å². The molecular weight excluding hydrogens is 250 g/mol. The van der Waals surface area contributed by atoms with Crippen LogP contribution < -0.4 is 10.5 Å². The Kier molecular flexibility index (Phi) is 3.85. The Morgan fingerprint density at radius 3 is 2.56 bits per heavy atom. The number of rotatable bonds is 4. The molecule has 92 valence electrons. The summed E-state index contributed by atoms with van der Waals surface area (Å²) >= 11 is 5.79. The molecule has 0 fully saturated rings. The normalized spacial score (nSPS) is 10.1. The lowest BCUT2D eigenvalue weighted by atomic mass is 10.2. The lowest BCUT2D eigenvalue weighted by Crippen LogP contribution is -2.10. The van der Waals surface area contributed by atoms with Crippen molar-refractivity contribution in [2.24, 2.45) is 5.73 Å². The second-order valence-corrected chi connectivity index (χ2v) is 4.24. The number of ether oxygens (including phenoxy) is 1. The van der Waals surface area contributed by atoms with Crippen LogP contribution in [0.2, 0.25) is 5.02 Å². The first-order valence-corrected chi connectivity index (χ1v) is 5.80. The molecule has 3 nitrogen and oxygen atoms in total. The maximum atomic E-state index is 11.0. The molecule has 0 bridgehead atoms. The summed E-state index contributed by atoms with van der Waals surface area (Å²) in [6.45, 7) is 0.416. The number of nitrogens with two attached hydrogens (primary N) is 1. The van der Waals surface area contributed by atoms with Gasteiger partial charge in [-0.05, 0) is 35.9 Å².